The van der Waals surface area contributed by atoms with E-state index in [1.165, 1.54) is 27.3 Å². The Morgan fingerprint density at radius 1 is 1.07 bits per heavy atom. The van der Waals surface area contributed by atoms with Crippen molar-refractivity contribution >= 4 is 27.3 Å². The minimum atomic E-state index is -3.79. The normalized spacial score (nSPS) is 19.2. The van der Waals surface area contributed by atoms with Crippen LogP contribution in [0.1, 0.15) is 57.4 Å². The lowest BCUT2D eigenvalue weighted by Crippen LogP contribution is -2.41. The molecule has 5 nitrogen and oxygen atoms in total. The topological polar surface area (TPSA) is 75.3 Å². The first kappa shape index (κ1) is 18.7. The highest BCUT2D eigenvalue weighted by atomic mass is 32.2. The van der Waals surface area contributed by atoms with Crippen LogP contribution in [-0.2, 0) is 35.7 Å². The molecule has 0 spiro atoms. The van der Waals surface area contributed by atoms with Crippen LogP contribution in [-0.4, -0.2) is 14.3 Å². The molecule has 4 rings (SSSR count). The molecule has 0 bridgehead atoms. The molecule has 7 heteroatoms. The van der Waals surface area contributed by atoms with E-state index in [2.05, 4.69) is 17.2 Å². The second-order valence-corrected chi connectivity index (χ2v) is 10.4. The van der Waals surface area contributed by atoms with Crippen LogP contribution in [0, 0.1) is 5.92 Å². The van der Waals surface area contributed by atoms with E-state index in [-0.39, 0.29) is 4.90 Å². The molecule has 1 heterocycles. The van der Waals surface area contributed by atoms with Crippen LogP contribution in [0.2, 0.25) is 0 Å². The molecule has 0 aliphatic heterocycles. The molecule has 0 saturated carbocycles. The molecule has 0 radical (unpaired) electrons. The van der Waals surface area contributed by atoms with Crippen LogP contribution in [0.15, 0.2) is 29.2 Å². The smallest absolute Gasteiger partial charge is 0.273 e. The molecular weight excluding hydrogens is 380 g/mol. The zero-order valence-corrected chi connectivity index (χ0v) is 17.0. The zero-order chi connectivity index (χ0) is 19.0. The molecule has 144 valence electrons. The van der Waals surface area contributed by atoms with Crippen LogP contribution < -0.4 is 10.3 Å². The monoisotopic (exact) mass is 404 g/mol. The lowest BCUT2D eigenvalue weighted by Gasteiger charge is -2.16. The predicted octanol–water partition coefficient (Wildman–Crippen LogP) is 3.38. The summed E-state index contributed by atoms with van der Waals surface area (Å²) in [6.45, 7) is 2.22. The number of fused-ring (bicyclic) bond motifs is 2. The third-order valence-electron chi connectivity index (χ3n) is 5.48. The fourth-order valence-corrected chi connectivity index (χ4v) is 5.92. The van der Waals surface area contributed by atoms with Crippen molar-refractivity contribution in [2.45, 2.75) is 56.8 Å². The van der Waals surface area contributed by atoms with Gasteiger partial charge in [-0.15, -0.1) is 16.2 Å². The summed E-state index contributed by atoms with van der Waals surface area (Å²) in [6.07, 6.45) is 7.26. The van der Waals surface area contributed by atoms with Gasteiger partial charge in [-0.05, 0) is 85.8 Å². The number of thiophene rings is 1. The average Bonchev–Trinajstić information content (AvgIpc) is 3.09. The molecule has 1 aromatic heterocycles. The Bertz CT molecular complexity index is 979. The van der Waals surface area contributed by atoms with Crippen LogP contribution in [0.3, 0.4) is 0 Å². The van der Waals surface area contributed by atoms with Gasteiger partial charge in [0.25, 0.3) is 15.9 Å². The second-order valence-electron chi connectivity index (χ2n) is 7.60. The van der Waals surface area contributed by atoms with E-state index in [0.717, 1.165) is 50.5 Å². The molecule has 27 heavy (non-hydrogen) atoms. The van der Waals surface area contributed by atoms with E-state index in [0.29, 0.717) is 10.8 Å². The summed E-state index contributed by atoms with van der Waals surface area (Å²) < 4.78 is 25.1. The van der Waals surface area contributed by atoms with Crippen LogP contribution >= 0.6 is 11.3 Å². The number of sulfonamides is 1. The molecule has 2 N–H and O–H groups in total. The minimum absolute atomic E-state index is 0.197. The third-order valence-corrected chi connectivity index (χ3v) is 7.96. The van der Waals surface area contributed by atoms with Gasteiger partial charge >= 0.3 is 0 Å². The number of benzene rings is 1. The summed E-state index contributed by atoms with van der Waals surface area (Å²) in [5, 5.41) is 0. The Morgan fingerprint density at radius 3 is 2.67 bits per heavy atom. The lowest BCUT2D eigenvalue weighted by atomic mass is 9.90. The van der Waals surface area contributed by atoms with Gasteiger partial charge in [0, 0.05) is 4.88 Å². The van der Waals surface area contributed by atoms with Crippen LogP contribution in [0.4, 0.5) is 0 Å². The highest BCUT2D eigenvalue weighted by Crippen LogP contribution is 2.32. The van der Waals surface area contributed by atoms with Crippen molar-refractivity contribution in [2.24, 2.45) is 5.92 Å². The van der Waals surface area contributed by atoms with E-state index in [1.54, 1.807) is 12.1 Å². The number of carbonyl (C=O) groups excluding carboxylic acids is 1. The number of hydrazine groups is 1. The van der Waals surface area contributed by atoms with Gasteiger partial charge in [0.15, 0.2) is 0 Å². The Labute approximate surface area is 164 Å². The van der Waals surface area contributed by atoms with Gasteiger partial charge in [-0.2, -0.15) is 0 Å². The molecule has 1 aromatic carbocycles. The fraction of sp³-hybridized carbons (Fsp3) is 0.450. The number of hydrogen-bond acceptors (Lipinski definition) is 4. The summed E-state index contributed by atoms with van der Waals surface area (Å²) in [5.74, 6) is 0.231. The molecule has 2 aromatic rings. The fourth-order valence-electron chi connectivity index (χ4n) is 3.93. The predicted molar refractivity (Wildman–Crippen MR) is 106 cm³/mol. The van der Waals surface area contributed by atoms with Gasteiger partial charge in [-0.25, -0.2) is 8.42 Å². The highest BCUT2D eigenvalue weighted by Gasteiger charge is 2.22. The second kappa shape index (κ2) is 7.37. The quantitative estimate of drug-likeness (QED) is 0.767. The van der Waals surface area contributed by atoms with Gasteiger partial charge in [0.05, 0.1) is 9.77 Å². The van der Waals surface area contributed by atoms with E-state index in [9.17, 15) is 13.2 Å². The van der Waals surface area contributed by atoms with Gasteiger partial charge in [0.2, 0.25) is 0 Å². The first-order valence-electron chi connectivity index (χ1n) is 9.48. The van der Waals surface area contributed by atoms with Crippen molar-refractivity contribution in [2.75, 3.05) is 0 Å². The molecule has 0 saturated heterocycles. The molecule has 0 fully saturated rings. The maximum absolute atomic E-state index is 12.6. The molecule has 1 unspecified atom stereocenters. The standard InChI is InChI=1S/C20H24N2O3S2/c1-13-6-9-18-16(10-13)12-19(26-18)20(23)21-22-27(24,25)17-8-7-14-4-2-3-5-15(14)11-17/h7-8,11-13,22H,2-6,9-10H2,1H3,(H,21,23). The van der Waals surface area contributed by atoms with Crippen LogP contribution in [0.5, 0.6) is 0 Å². The number of hydrogen-bond donors (Lipinski definition) is 2. The maximum Gasteiger partial charge on any atom is 0.276 e. The summed E-state index contributed by atoms with van der Waals surface area (Å²) in [4.78, 5) is 16.7. The van der Waals surface area contributed by atoms with Crippen LogP contribution in [0.25, 0.3) is 0 Å². The number of rotatable bonds is 4. The molecule has 2 aliphatic rings. The Hall–Kier alpha value is -1.70. The number of aryl methyl sites for hydroxylation is 3. The number of nitrogens with one attached hydrogen (secondary N) is 2. The highest BCUT2D eigenvalue weighted by molar-refractivity contribution is 7.89. The third kappa shape index (κ3) is 3.95. The Kier molecular flexibility index (Phi) is 5.09. The zero-order valence-electron chi connectivity index (χ0n) is 15.4. The first-order chi connectivity index (χ1) is 12.9. The SMILES string of the molecule is CC1CCc2sc(C(=O)NNS(=O)(=O)c3ccc4c(c3)CCCC4)cc2C1. The minimum Gasteiger partial charge on any atom is -0.273 e. The van der Waals surface area contributed by atoms with E-state index >= 15 is 0 Å². The lowest BCUT2D eigenvalue weighted by molar-refractivity contribution is 0.0949. The van der Waals surface area contributed by atoms with Gasteiger partial charge < -0.3 is 0 Å². The number of amides is 1. The van der Waals surface area contributed by atoms with E-state index < -0.39 is 15.9 Å². The van der Waals surface area contributed by atoms with Crippen molar-refractivity contribution in [3.63, 3.8) is 0 Å². The van der Waals surface area contributed by atoms with Crippen molar-refractivity contribution in [1.29, 1.82) is 0 Å². The number of carbonyl (C=O) groups is 1. The molecule has 1 atom stereocenters. The summed E-state index contributed by atoms with van der Waals surface area (Å²) >= 11 is 1.46. The van der Waals surface area contributed by atoms with Crippen molar-refractivity contribution in [3.05, 3.63) is 50.7 Å². The van der Waals surface area contributed by atoms with Gasteiger partial charge in [0.1, 0.15) is 0 Å². The Morgan fingerprint density at radius 2 is 1.85 bits per heavy atom. The van der Waals surface area contributed by atoms with E-state index in [4.69, 9.17) is 0 Å². The van der Waals surface area contributed by atoms with Gasteiger partial charge in [-0.1, -0.05) is 13.0 Å². The Balaban J connectivity index is 1.45. The molecule has 1 amide bonds. The van der Waals surface area contributed by atoms with E-state index in [1.807, 2.05) is 12.1 Å². The first-order valence-corrected chi connectivity index (χ1v) is 11.8. The summed E-state index contributed by atoms with van der Waals surface area (Å²) in [6, 6.07) is 7.13. The van der Waals surface area contributed by atoms with Crippen molar-refractivity contribution in [1.82, 2.24) is 10.3 Å². The van der Waals surface area contributed by atoms with Gasteiger partial charge in [-0.3, -0.25) is 10.2 Å². The molecular formula is C20H24N2O3S2. The maximum atomic E-state index is 12.6. The summed E-state index contributed by atoms with van der Waals surface area (Å²) in [5.41, 5.74) is 5.91. The van der Waals surface area contributed by atoms with Crippen molar-refractivity contribution in [3.8, 4) is 0 Å². The summed E-state index contributed by atoms with van der Waals surface area (Å²) in [7, 11) is -3.79. The molecule has 2 aliphatic carbocycles. The van der Waals surface area contributed by atoms with Crippen molar-refractivity contribution < 1.29 is 13.2 Å². The largest absolute Gasteiger partial charge is 0.276 e. The average molecular weight is 405 g/mol.